The highest BCUT2D eigenvalue weighted by molar-refractivity contribution is 7.62. The van der Waals surface area contributed by atoms with E-state index in [2.05, 4.69) is 0 Å². The number of para-hydroxylation sites is 2. The molecule has 6 heteroatoms. The fourth-order valence-corrected chi connectivity index (χ4v) is 2.04. The monoisotopic (exact) mass is 290 g/mol. The molecule has 0 N–H and O–H groups in total. The Morgan fingerprint density at radius 1 is 0.833 bits per heavy atom. The van der Waals surface area contributed by atoms with E-state index in [9.17, 15) is 9.13 Å². The Bertz CT molecular complexity index is 442. The average Bonchev–Trinajstić information content (AvgIpc) is 2.22. The van der Waals surface area contributed by atoms with Gasteiger partial charge in [-0.1, -0.05) is 12.1 Å². The van der Waals surface area contributed by atoms with Gasteiger partial charge in [-0.15, -0.1) is 0 Å². The van der Waals surface area contributed by atoms with Crippen molar-refractivity contribution in [3.8, 4) is 11.5 Å². The first kappa shape index (κ1) is 15.3. The number of ether oxygens (including phenoxy) is 2. The summed E-state index contributed by atoms with van der Waals surface area (Å²) < 4.78 is 34.2. The van der Waals surface area contributed by atoms with Crippen LogP contribution < -0.4 is 9.47 Å². The van der Waals surface area contributed by atoms with Gasteiger partial charge >= 0.3 is 0 Å². The highest BCUT2D eigenvalue weighted by Gasteiger charge is 2.13. The molecular formula is C12H20O4P2. The van der Waals surface area contributed by atoms with Crippen molar-refractivity contribution < 1.29 is 18.6 Å². The lowest BCUT2D eigenvalue weighted by molar-refractivity contribution is 0.323. The molecule has 1 rings (SSSR count). The zero-order chi connectivity index (χ0) is 13.8. The van der Waals surface area contributed by atoms with Crippen LogP contribution in [0.1, 0.15) is 0 Å². The van der Waals surface area contributed by atoms with Crippen LogP contribution in [0.3, 0.4) is 0 Å². The third-order valence-corrected chi connectivity index (χ3v) is 3.41. The molecule has 0 radical (unpaired) electrons. The van der Waals surface area contributed by atoms with Crippen LogP contribution >= 0.6 is 14.3 Å². The molecule has 0 heterocycles. The topological polar surface area (TPSA) is 52.6 Å². The molecule has 1 aromatic rings. The van der Waals surface area contributed by atoms with Crippen molar-refractivity contribution >= 4 is 14.3 Å². The van der Waals surface area contributed by atoms with Crippen molar-refractivity contribution in [3.63, 3.8) is 0 Å². The van der Waals surface area contributed by atoms with Crippen molar-refractivity contribution in [2.24, 2.45) is 0 Å². The van der Waals surface area contributed by atoms with Crippen molar-refractivity contribution in [1.82, 2.24) is 0 Å². The fraction of sp³-hybridized carbons (Fsp3) is 0.500. The summed E-state index contributed by atoms with van der Waals surface area (Å²) in [4.78, 5) is 0. The van der Waals surface area contributed by atoms with E-state index in [1.807, 2.05) is 12.1 Å². The maximum absolute atomic E-state index is 11.6. The van der Waals surface area contributed by atoms with Gasteiger partial charge in [0, 0.05) is 0 Å². The van der Waals surface area contributed by atoms with E-state index in [-0.39, 0.29) is 12.7 Å². The number of benzene rings is 1. The Morgan fingerprint density at radius 2 is 1.17 bits per heavy atom. The summed E-state index contributed by atoms with van der Waals surface area (Å²) in [7, 11) is -4.47. The van der Waals surface area contributed by atoms with Gasteiger partial charge < -0.3 is 18.6 Å². The minimum absolute atomic E-state index is 0.170. The first-order valence-corrected chi connectivity index (χ1v) is 11.2. The highest BCUT2D eigenvalue weighted by atomic mass is 31.2. The molecule has 0 aliphatic rings. The maximum Gasteiger partial charge on any atom is 0.161 e. The van der Waals surface area contributed by atoms with Crippen molar-refractivity contribution in [2.45, 2.75) is 0 Å². The number of hydrogen-bond acceptors (Lipinski definition) is 4. The first-order valence-electron chi connectivity index (χ1n) is 5.60. The molecule has 0 aliphatic heterocycles. The van der Waals surface area contributed by atoms with Gasteiger partial charge in [0.05, 0.1) is 0 Å². The quantitative estimate of drug-likeness (QED) is 0.751. The standard InChI is InChI=1S/C12H20O4P2/c1-17(2,13)9-15-11-7-5-6-8-12(11)16-10-18(3,4)14/h5-8H,9-10H2,1-4H3. The third-order valence-electron chi connectivity index (χ3n) is 1.91. The minimum atomic E-state index is -2.24. The van der Waals surface area contributed by atoms with Gasteiger partial charge in [0.1, 0.15) is 27.0 Å². The molecule has 4 nitrogen and oxygen atoms in total. The zero-order valence-electron chi connectivity index (χ0n) is 11.3. The number of hydrogen-bond donors (Lipinski definition) is 0. The van der Waals surface area contributed by atoms with Crippen molar-refractivity contribution in [3.05, 3.63) is 24.3 Å². The molecule has 1 aromatic carbocycles. The average molecular weight is 290 g/mol. The molecule has 18 heavy (non-hydrogen) atoms. The summed E-state index contributed by atoms with van der Waals surface area (Å²) in [5.74, 6) is 1.07. The third kappa shape index (κ3) is 6.28. The highest BCUT2D eigenvalue weighted by Crippen LogP contribution is 2.40. The Labute approximate surface area is 108 Å². The first-order chi connectivity index (χ1) is 8.17. The molecule has 102 valence electrons. The van der Waals surface area contributed by atoms with Gasteiger partial charge in [0.2, 0.25) is 0 Å². The molecule has 0 aliphatic carbocycles. The SMILES string of the molecule is CP(C)(=O)COc1ccccc1OCP(C)(C)=O. The van der Waals surface area contributed by atoms with Gasteiger partial charge in [0.25, 0.3) is 0 Å². The Balaban J connectivity index is 2.74. The molecular weight excluding hydrogens is 270 g/mol. The van der Waals surface area contributed by atoms with Crippen LogP contribution in [0.5, 0.6) is 11.5 Å². The largest absolute Gasteiger partial charge is 0.482 e. The van der Waals surface area contributed by atoms with Gasteiger partial charge in [-0.25, -0.2) is 0 Å². The minimum Gasteiger partial charge on any atom is -0.482 e. The maximum atomic E-state index is 11.6. The van der Waals surface area contributed by atoms with Crippen LogP contribution in [0.25, 0.3) is 0 Å². The predicted octanol–water partition coefficient (Wildman–Crippen LogP) is 3.60. The van der Waals surface area contributed by atoms with Crippen LogP contribution in [0.15, 0.2) is 24.3 Å². The molecule has 0 unspecified atom stereocenters. The van der Waals surface area contributed by atoms with E-state index in [1.165, 1.54) is 0 Å². The van der Waals surface area contributed by atoms with E-state index >= 15 is 0 Å². The van der Waals surface area contributed by atoms with Crippen LogP contribution in [0.2, 0.25) is 0 Å². The fourth-order valence-electron chi connectivity index (χ4n) is 1.14. The Morgan fingerprint density at radius 3 is 1.44 bits per heavy atom. The summed E-state index contributed by atoms with van der Waals surface area (Å²) >= 11 is 0. The van der Waals surface area contributed by atoms with Crippen LogP contribution in [0.4, 0.5) is 0 Å². The Kier molecular flexibility index (Phi) is 5.07. The van der Waals surface area contributed by atoms with E-state index in [0.29, 0.717) is 11.5 Å². The zero-order valence-corrected chi connectivity index (χ0v) is 13.0. The molecule has 0 saturated carbocycles. The second-order valence-electron chi connectivity index (χ2n) is 5.14. The van der Waals surface area contributed by atoms with Gasteiger partial charge in [-0.3, -0.25) is 0 Å². The summed E-state index contributed by atoms with van der Waals surface area (Å²) in [5, 5.41) is 0. The molecule has 0 bridgehead atoms. The van der Waals surface area contributed by atoms with E-state index in [1.54, 1.807) is 38.8 Å². The number of rotatable bonds is 6. The normalized spacial score (nSPS) is 12.2. The smallest absolute Gasteiger partial charge is 0.161 e. The molecule has 0 saturated heterocycles. The molecule has 0 spiro atoms. The lowest BCUT2D eigenvalue weighted by Gasteiger charge is -2.15. The van der Waals surface area contributed by atoms with E-state index in [0.717, 1.165) is 0 Å². The van der Waals surface area contributed by atoms with Gasteiger partial charge in [0.15, 0.2) is 11.5 Å². The molecule has 0 atom stereocenters. The van der Waals surface area contributed by atoms with Gasteiger partial charge in [-0.05, 0) is 38.8 Å². The lowest BCUT2D eigenvalue weighted by Crippen LogP contribution is -2.02. The summed E-state index contributed by atoms with van der Waals surface area (Å²) in [6.07, 6.45) is 0.340. The van der Waals surface area contributed by atoms with Gasteiger partial charge in [-0.2, -0.15) is 0 Å². The second-order valence-corrected chi connectivity index (χ2v) is 12.0. The van der Waals surface area contributed by atoms with Crippen LogP contribution in [-0.4, -0.2) is 39.4 Å². The van der Waals surface area contributed by atoms with E-state index in [4.69, 9.17) is 9.47 Å². The van der Waals surface area contributed by atoms with Crippen molar-refractivity contribution in [2.75, 3.05) is 39.4 Å². The second kappa shape index (κ2) is 5.95. The van der Waals surface area contributed by atoms with Crippen molar-refractivity contribution in [1.29, 1.82) is 0 Å². The summed E-state index contributed by atoms with van der Waals surface area (Å²) in [6.45, 7) is 6.68. The lowest BCUT2D eigenvalue weighted by atomic mass is 10.3. The summed E-state index contributed by atoms with van der Waals surface area (Å²) in [6, 6.07) is 7.13. The predicted molar refractivity (Wildman–Crippen MR) is 76.3 cm³/mol. The molecule has 0 aromatic heterocycles. The van der Waals surface area contributed by atoms with Crippen LogP contribution in [-0.2, 0) is 9.13 Å². The summed E-state index contributed by atoms with van der Waals surface area (Å²) in [5.41, 5.74) is 0. The Hall–Kier alpha value is -0.720. The van der Waals surface area contributed by atoms with E-state index < -0.39 is 14.3 Å². The van der Waals surface area contributed by atoms with Crippen LogP contribution in [0, 0.1) is 0 Å². The molecule has 0 fully saturated rings. The molecule has 0 amide bonds.